The van der Waals surface area contributed by atoms with Crippen LogP contribution >= 0.6 is 27.7 Å². The molecule has 0 bridgehead atoms. The predicted molar refractivity (Wildman–Crippen MR) is 128 cm³/mol. The summed E-state index contributed by atoms with van der Waals surface area (Å²) in [5.41, 5.74) is 0.489. The molecular formula is C22H25BrN4O7S. The van der Waals surface area contributed by atoms with Crippen LogP contribution in [-0.2, 0) is 20.1 Å². The van der Waals surface area contributed by atoms with Gasteiger partial charge in [-0.2, -0.15) is 16.7 Å². The molecule has 1 aliphatic carbocycles. The Labute approximate surface area is 214 Å². The number of phenolic OH excluding ortho intramolecular Hbond substituents is 1. The zero-order valence-corrected chi connectivity index (χ0v) is 21.6. The number of thioether (sulfide) groups is 1. The van der Waals surface area contributed by atoms with Gasteiger partial charge >= 0.3 is 5.97 Å². The molecule has 1 aromatic heterocycles. The van der Waals surface area contributed by atoms with Gasteiger partial charge in [-0.3, -0.25) is 9.59 Å². The lowest BCUT2D eigenvalue weighted by atomic mass is 10.1. The van der Waals surface area contributed by atoms with Gasteiger partial charge in [-0.25, -0.2) is 4.79 Å². The monoisotopic (exact) mass is 568 g/mol. The summed E-state index contributed by atoms with van der Waals surface area (Å²) in [4.78, 5) is 44.3. The first kappa shape index (κ1) is 25.3. The maximum Gasteiger partial charge on any atom is 0.339 e. The standard InChI is InChI=1S/C22H25BrN4O7S/c1-11-24-20(34-26-11)14-10-35-9-13-15(28)7-16(32-2)19(23)18(13)22(31)33-6-5-27(8-17(29)25-14)21(30)12-3-4-12/h7,12,14,28H,3-6,8-10H2,1-2H3,(H,25,29)/t14-/m0/s1. The number of nitrogens with zero attached hydrogens (tertiary/aromatic N) is 3. The molecule has 188 valence electrons. The number of hydrogen-bond donors (Lipinski definition) is 2. The number of aryl methyl sites for hydroxylation is 1. The van der Waals surface area contributed by atoms with Crippen LogP contribution in [-0.4, -0.2) is 70.5 Å². The topological polar surface area (TPSA) is 144 Å². The van der Waals surface area contributed by atoms with E-state index < -0.39 is 12.0 Å². The van der Waals surface area contributed by atoms with Crippen LogP contribution in [0.1, 0.15) is 46.5 Å². The second kappa shape index (κ2) is 10.9. The number of halogens is 1. The van der Waals surface area contributed by atoms with Crippen molar-refractivity contribution in [3.63, 3.8) is 0 Å². The van der Waals surface area contributed by atoms with E-state index in [1.165, 1.54) is 29.8 Å². The van der Waals surface area contributed by atoms with Crippen LogP contribution in [0.4, 0.5) is 0 Å². The third-order valence-corrected chi connectivity index (χ3v) is 7.46. The van der Waals surface area contributed by atoms with Crippen LogP contribution in [0.15, 0.2) is 15.1 Å². The summed E-state index contributed by atoms with van der Waals surface area (Å²) in [5, 5.41) is 17.3. The number of amides is 2. The molecule has 4 rings (SSSR count). The first-order valence-corrected chi connectivity index (χ1v) is 12.9. The van der Waals surface area contributed by atoms with Crippen molar-refractivity contribution in [1.29, 1.82) is 0 Å². The van der Waals surface area contributed by atoms with Gasteiger partial charge in [-0.1, -0.05) is 5.16 Å². The molecule has 2 aliphatic rings. The van der Waals surface area contributed by atoms with Crippen LogP contribution < -0.4 is 10.1 Å². The Balaban J connectivity index is 1.67. The van der Waals surface area contributed by atoms with Crippen LogP contribution in [0.3, 0.4) is 0 Å². The van der Waals surface area contributed by atoms with Crippen molar-refractivity contribution >= 4 is 45.5 Å². The van der Waals surface area contributed by atoms with E-state index in [1.807, 2.05) is 0 Å². The summed E-state index contributed by atoms with van der Waals surface area (Å²) in [6, 6.07) is 0.782. The highest BCUT2D eigenvalue weighted by molar-refractivity contribution is 9.10. The molecule has 1 saturated carbocycles. The third-order valence-electron chi connectivity index (χ3n) is 5.61. The molecule has 1 aliphatic heterocycles. The van der Waals surface area contributed by atoms with Crippen molar-refractivity contribution in [2.24, 2.45) is 5.92 Å². The van der Waals surface area contributed by atoms with Gasteiger partial charge in [0.2, 0.25) is 17.7 Å². The minimum absolute atomic E-state index is 0.0521. The van der Waals surface area contributed by atoms with Crippen LogP contribution in [0, 0.1) is 12.8 Å². The molecule has 13 heteroatoms. The second-order valence-electron chi connectivity index (χ2n) is 8.25. The number of carbonyl (C=O) groups is 3. The average molecular weight is 569 g/mol. The van der Waals surface area contributed by atoms with Crippen LogP contribution in [0.25, 0.3) is 0 Å². The van der Waals surface area contributed by atoms with E-state index >= 15 is 0 Å². The van der Waals surface area contributed by atoms with Crippen molar-refractivity contribution in [2.45, 2.75) is 31.6 Å². The van der Waals surface area contributed by atoms with E-state index in [1.54, 1.807) is 6.92 Å². The first-order valence-electron chi connectivity index (χ1n) is 11.0. The van der Waals surface area contributed by atoms with Crippen molar-refractivity contribution in [3.8, 4) is 11.5 Å². The van der Waals surface area contributed by atoms with Gasteiger partial charge in [0.1, 0.15) is 24.1 Å². The molecule has 0 radical (unpaired) electrons. The maximum absolute atomic E-state index is 13.0. The van der Waals surface area contributed by atoms with Crippen molar-refractivity contribution in [1.82, 2.24) is 20.4 Å². The number of cyclic esters (lactones) is 1. The number of carbonyl (C=O) groups excluding carboxylic acids is 3. The second-order valence-corrected chi connectivity index (χ2v) is 10.1. The Morgan fingerprint density at radius 3 is 2.80 bits per heavy atom. The Kier molecular flexibility index (Phi) is 7.85. The molecule has 35 heavy (non-hydrogen) atoms. The number of esters is 1. The molecule has 0 saturated heterocycles. The molecule has 1 atom stereocenters. The van der Waals surface area contributed by atoms with Crippen LogP contribution in [0.5, 0.6) is 11.5 Å². The Morgan fingerprint density at radius 2 is 2.14 bits per heavy atom. The number of rotatable bonds is 3. The van der Waals surface area contributed by atoms with Crippen molar-refractivity contribution < 1.29 is 33.5 Å². The van der Waals surface area contributed by atoms with Crippen LogP contribution in [0.2, 0.25) is 0 Å². The largest absolute Gasteiger partial charge is 0.507 e. The van der Waals surface area contributed by atoms with Gasteiger partial charge in [0, 0.05) is 29.1 Å². The number of aromatic nitrogens is 2. The zero-order valence-electron chi connectivity index (χ0n) is 19.2. The summed E-state index contributed by atoms with van der Waals surface area (Å²) >= 11 is 4.74. The van der Waals surface area contributed by atoms with Gasteiger partial charge in [0.15, 0.2) is 5.82 Å². The highest BCUT2D eigenvalue weighted by Gasteiger charge is 2.35. The lowest BCUT2D eigenvalue weighted by molar-refractivity contribution is -0.137. The fourth-order valence-corrected chi connectivity index (χ4v) is 5.42. The Hall–Kier alpha value is -2.80. The molecule has 11 nitrogen and oxygen atoms in total. The SMILES string of the molecule is COc1cc(O)c2c(c1Br)C(=O)OCCN(C(=O)C1CC1)CC(=O)N[C@H](c1nc(C)no1)CSC2. The van der Waals surface area contributed by atoms with Gasteiger partial charge in [0.05, 0.1) is 30.2 Å². The number of ether oxygens (including phenoxy) is 2. The van der Waals surface area contributed by atoms with Gasteiger partial charge in [-0.05, 0) is 35.7 Å². The number of nitrogens with one attached hydrogen (secondary N) is 1. The van der Waals surface area contributed by atoms with Crippen molar-refractivity contribution in [2.75, 3.05) is 32.6 Å². The highest BCUT2D eigenvalue weighted by Crippen LogP contribution is 2.39. The smallest absolute Gasteiger partial charge is 0.339 e. The normalized spacial score (nSPS) is 19.9. The van der Waals surface area contributed by atoms with E-state index in [0.717, 1.165) is 12.8 Å². The van der Waals surface area contributed by atoms with Gasteiger partial charge in [-0.15, -0.1) is 0 Å². The van der Waals surface area contributed by atoms with E-state index in [9.17, 15) is 19.5 Å². The molecule has 2 heterocycles. The number of benzene rings is 1. The van der Waals surface area contributed by atoms with Gasteiger partial charge in [0.25, 0.3) is 0 Å². The molecule has 0 spiro atoms. The zero-order chi connectivity index (χ0) is 25.1. The average Bonchev–Trinajstić information content (AvgIpc) is 3.58. The molecule has 1 fully saturated rings. The Morgan fingerprint density at radius 1 is 1.37 bits per heavy atom. The summed E-state index contributed by atoms with van der Waals surface area (Å²) in [6.07, 6.45) is 1.55. The lowest BCUT2D eigenvalue weighted by Gasteiger charge is -2.24. The molecule has 1 aromatic carbocycles. The molecule has 2 amide bonds. The number of methoxy groups -OCH3 is 1. The molecule has 0 unspecified atom stereocenters. The fraction of sp³-hybridized carbons (Fsp3) is 0.500. The van der Waals surface area contributed by atoms with E-state index in [4.69, 9.17) is 14.0 Å². The summed E-state index contributed by atoms with van der Waals surface area (Å²) in [5.74, 6) is 0.0123. The predicted octanol–water partition coefficient (Wildman–Crippen LogP) is 2.35. The highest BCUT2D eigenvalue weighted by atomic mass is 79.9. The molecular weight excluding hydrogens is 544 g/mol. The molecule has 2 aromatic rings. The van der Waals surface area contributed by atoms with Gasteiger partial charge < -0.3 is 29.3 Å². The quantitative estimate of drug-likeness (QED) is 0.529. The lowest BCUT2D eigenvalue weighted by Crippen LogP contribution is -2.44. The number of phenols is 1. The minimum atomic E-state index is -0.675. The molecule has 2 N–H and O–H groups in total. The fourth-order valence-electron chi connectivity index (χ4n) is 3.66. The number of hydrogen-bond acceptors (Lipinski definition) is 10. The number of aromatic hydroxyl groups is 1. The van der Waals surface area contributed by atoms with Crippen molar-refractivity contribution in [3.05, 3.63) is 33.4 Å². The van der Waals surface area contributed by atoms with E-state index in [-0.39, 0.29) is 66.1 Å². The maximum atomic E-state index is 13.0. The summed E-state index contributed by atoms with van der Waals surface area (Å²) in [7, 11) is 1.43. The van der Waals surface area contributed by atoms with E-state index in [0.29, 0.717) is 21.6 Å². The summed E-state index contributed by atoms with van der Waals surface area (Å²) < 4.78 is 16.4. The minimum Gasteiger partial charge on any atom is -0.507 e. The third kappa shape index (κ3) is 5.89. The Bertz CT molecular complexity index is 1140. The first-order chi connectivity index (χ1) is 16.8. The van der Waals surface area contributed by atoms with E-state index in [2.05, 4.69) is 31.4 Å². The summed E-state index contributed by atoms with van der Waals surface area (Å²) in [6.45, 7) is 1.42. The number of fused-ring (bicyclic) bond motifs is 1.